The summed E-state index contributed by atoms with van der Waals surface area (Å²) in [5.74, 6) is -1.84. The quantitative estimate of drug-likeness (QED) is 0.666. The Kier molecular flexibility index (Phi) is 5.54. The molecule has 1 N–H and O–H groups in total. The van der Waals surface area contributed by atoms with E-state index in [2.05, 4.69) is 4.99 Å². The van der Waals surface area contributed by atoms with Crippen LogP contribution in [0.5, 0.6) is 0 Å². The van der Waals surface area contributed by atoms with Crippen LogP contribution in [0, 0.1) is 11.3 Å². The Morgan fingerprint density at radius 2 is 2.04 bits per heavy atom. The third-order valence-electron chi connectivity index (χ3n) is 4.28. The number of ketones is 1. The number of ether oxygens (including phenoxy) is 1. The number of carbonyl (C=O) groups excluding carboxylic acids is 2. The molecule has 5 heteroatoms. The van der Waals surface area contributed by atoms with E-state index in [0.717, 1.165) is 12.0 Å². The summed E-state index contributed by atoms with van der Waals surface area (Å²) in [4.78, 5) is 28.5. The molecule has 1 atom stereocenters. The normalized spacial score (nSPS) is 20.5. The molecule has 1 aliphatic carbocycles. The molecule has 0 saturated heterocycles. The molecule has 1 aromatic carbocycles. The highest BCUT2D eigenvalue weighted by Gasteiger charge is 2.46. The van der Waals surface area contributed by atoms with Gasteiger partial charge in [-0.15, -0.1) is 0 Å². The Hall–Kier alpha value is -2.43. The van der Waals surface area contributed by atoms with Crippen molar-refractivity contribution in [2.75, 3.05) is 13.7 Å². The molecule has 0 fully saturated rings. The highest BCUT2D eigenvalue weighted by Crippen LogP contribution is 2.41. The molecule has 0 heterocycles. The van der Waals surface area contributed by atoms with E-state index in [4.69, 9.17) is 4.74 Å². The standard InChI is InChI=1S/C19H23NO4/c1-19(2)11-15(21)14(17(22)16(19)18(23)24-3)12-20-10-9-13-7-5-4-6-8-13/h4-8,12,16,22H,9-11H2,1-3H3. The fourth-order valence-corrected chi connectivity index (χ4v) is 2.96. The maximum absolute atomic E-state index is 12.3. The van der Waals surface area contributed by atoms with Crippen molar-refractivity contribution in [2.45, 2.75) is 26.7 Å². The lowest BCUT2D eigenvalue weighted by Gasteiger charge is -2.35. The average Bonchev–Trinajstić information content (AvgIpc) is 2.53. The van der Waals surface area contributed by atoms with Crippen molar-refractivity contribution in [1.82, 2.24) is 0 Å². The minimum Gasteiger partial charge on any atom is -0.511 e. The molecule has 1 aromatic rings. The number of hydrogen-bond acceptors (Lipinski definition) is 5. The van der Waals surface area contributed by atoms with Gasteiger partial charge in [-0.05, 0) is 17.4 Å². The largest absolute Gasteiger partial charge is 0.511 e. The Bertz CT molecular complexity index is 674. The summed E-state index contributed by atoms with van der Waals surface area (Å²) in [6.07, 6.45) is 2.29. The Balaban J connectivity index is 2.16. The lowest BCUT2D eigenvalue weighted by molar-refractivity contribution is -0.150. The molecule has 0 spiro atoms. The molecule has 1 aliphatic rings. The number of aliphatic hydroxyl groups excluding tert-OH is 1. The molecule has 0 aliphatic heterocycles. The number of hydrogen-bond donors (Lipinski definition) is 1. The van der Waals surface area contributed by atoms with Crippen LogP contribution in [0.4, 0.5) is 0 Å². The van der Waals surface area contributed by atoms with Crippen LogP contribution in [-0.2, 0) is 20.7 Å². The second kappa shape index (κ2) is 7.43. The SMILES string of the molecule is COC(=O)C1C(O)=C(C=NCCc2ccccc2)C(=O)CC1(C)C. The van der Waals surface area contributed by atoms with Crippen molar-refractivity contribution in [3.63, 3.8) is 0 Å². The molecular weight excluding hydrogens is 306 g/mol. The van der Waals surface area contributed by atoms with Crippen LogP contribution in [0.15, 0.2) is 46.7 Å². The highest BCUT2D eigenvalue weighted by molar-refractivity contribution is 6.15. The van der Waals surface area contributed by atoms with Crippen LogP contribution in [0.3, 0.4) is 0 Å². The summed E-state index contributed by atoms with van der Waals surface area (Å²) in [5.41, 5.74) is 0.574. The van der Waals surface area contributed by atoms with Crippen LogP contribution in [-0.4, -0.2) is 36.7 Å². The van der Waals surface area contributed by atoms with Gasteiger partial charge in [-0.25, -0.2) is 0 Å². The molecule has 0 aromatic heterocycles. The number of aliphatic imine (C=N–C) groups is 1. The van der Waals surface area contributed by atoms with Gasteiger partial charge in [0.15, 0.2) is 5.78 Å². The lowest BCUT2D eigenvalue weighted by atomic mass is 9.68. The van der Waals surface area contributed by atoms with Crippen molar-refractivity contribution in [3.05, 3.63) is 47.2 Å². The van der Waals surface area contributed by atoms with E-state index in [9.17, 15) is 14.7 Å². The van der Waals surface area contributed by atoms with Gasteiger partial charge in [0, 0.05) is 19.2 Å². The minimum atomic E-state index is -0.851. The lowest BCUT2D eigenvalue weighted by Crippen LogP contribution is -2.40. The first-order valence-electron chi connectivity index (χ1n) is 7.94. The summed E-state index contributed by atoms with van der Waals surface area (Å²) in [5, 5.41) is 10.4. The number of aliphatic hydroxyl groups is 1. The molecule has 1 unspecified atom stereocenters. The van der Waals surface area contributed by atoms with Gasteiger partial charge in [-0.2, -0.15) is 0 Å². The van der Waals surface area contributed by atoms with Gasteiger partial charge >= 0.3 is 5.97 Å². The van der Waals surface area contributed by atoms with Gasteiger partial charge in [0.25, 0.3) is 0 Å². The minimum absolute atomic E-state index is 0.109. The molecule has 0 saturated carbocycles. The first kappa shape index (κ1) is 17.9. The number of esters is 1. The van der Waals surface area contributed by atoms with E-state index in [0.29, 0.717) is 6.54 Å². The van der Waals surface area contributed by atoms with Gasteiger partial charge < -0.3 is 9.84 Å². The zero-order valence-electron chi connectivity index (χ0n) is 14.3. The topological polar surface area (TPSA) is 76.0 Å². The van der Waals surface area contributed by atoms with Crippen molar-refractivity contribution >= 4 is 18.0 Å². The van der Waals surface area contributed by atoms with Gasteiger partial charge in [0.05, 0.1) is 12.7 Å². The van der Waals surface area contributed by atoms with Crippen molar-refractivity contribution < 1.29 is 19.4 Å². The number of benzene rings is 1. The van der Waals surface area contributed by atoms with Gasteiger partial charge in [-0.3, -0.25) is 14.6 Å². The second-order valence-electron chi connectivity index (χ2n) is 6.61. The van der Waals surface area contributed by atoms with Crippen molar-refractivity contribution in [3.8, 4) is 0 Å². The first-order chi connectivity index (χ1) is 11.4. The number of Topliss-reactive ketones (excluding diaryl/α,β-unsaturated/α-hetero) is 1. The maximum Gasteiger partial charge on any atom is 0.316 e. The van der Waals surface area contributed by atoms with E-state index in [1.807, 2.05) is 30.3 Å². The molecule has 0 radical (unpaired) electrons. The number of methoxy groups -OCH3 is 1. The summed E-state index contributed by atoms with van der Waals surface area (Å²) in [6.45, 7) is 4.04. The smallest absolute Gasteiger partial charge is 0.316 e. The summed E-state index contributed by atoms with van der Waals surface area (Å²) in [6, 6.07) is 9.88. The van der Waals surface area contributed by atoms with E-state index in [-0.39, 0.29) is 23.5 Å². The number of nitrogens with zero attached hydrogens (tertiary/aromatic N) is 1. The molecule has 128 valence electrons. The zero-order chi connectivity index (χ0) is 17.7. The number of carbonyl (C=O) groups is 2. The fraction of sp³-hybridized carbons (Fsp3) is 0.421. The van der Waals surface area contributed by atoms with Gasteiger partial charge in [0.1, 0.15) is 11.7 Å². The first-order valence-corrected chi connectivity index (χ1v) is 7.94. The predicted molar refractivity (Wildman–Crippen MR) is 92.1 cm³/mol. The van der Waals surface area contributed by atoms with Crippen LogP contribution in [0.25, 0.3) is 0 Å². The summed E-state index contributed by atoms with van der Waals surface area (Å²) >= 11 is 0. The third kappa shape index (κ3) is 3.91. The number of allylic oxidation sites excluding steroid dienone is 1. The Morgan fingerprint density at radius 1 is 1.38 bits per heavy atom. The fourth-order valence-electron chi connectivity index (χ4n) is 2.96. The number of rotatable bonds is 5. The third-order valence-corrected chi connectivity index (χ3v) is 4.28. The molecule has 24 heavy (non-hydrogen) atoms. The van der Waals surface area contributed by atoms with Crippen LogP contribution in [0.2, 0.25) is 0 Å². The summed E-state index contributed by atoms with van der Waals surface area (Å²) in [7, 11) is 1.27. The van der Waals surface area contributed by atoms with Crippen molar-refractivity contribution in [1.29, 1.82) is 0 Å². The molecule has 0 amide bonds. The van der Waals surface area contributed by atoms with E-state index >= 15 is 0 Å². The van der Waals surface area contributed by atoms with Crippen LogP contribution < -0.4 is 0 Å². The highest BCUT2D eigenvalue weighted by atomic mass is 16.5. The summed E-state index contributed by atoms with van der Waals surface area (Å²) < 4.78 is 4.77. The second-order valence-corrected chi connectivity index (χ2v) is 6.61. The van der Waals surface area contributed by atoms with Crippen LogP contribution in [0.1, 0.15) is 25.8 Å². The Labute approximate surface area is 142 Å². The molecule has 2 rings (SSSR count). The van der Waals surface area contributed by atoms with Crippen molar-refractivity contribution in [2.24, 2.45) is 16.3 Å². The van der Waals surface area contributed by atoms with E-state index < -0.39 is 17.3 Å². The molecule has 5 nitrogen and oxygen atoms in total. The molecule has 0 bridgehead atoms. The average molecular weight is 329 g/mol. The Morgan fingerprint density at radius 3 is 2.67 bits per heavy atom. The van der Waals surface area contributed by atoms with Gasteiger partial charge in [0.2, 0.25) is 0 Å². The van der Waals surface area contributed by atoms with E-state index in [1.54, 1.807) is 13.8 Å². The van der Waals surface area contributed by atoms with Gasteiger partial charge in [-0.1, -0.05) is 44.2 Å². The van der Waals surface area contributed by atoms with E-state index in [1.165, 1.54) is 13.3 Å². The predicted octanol–water partition coefficient (Wildman–Crippen LogP) is 2.90. The molecular formula is C19H23NO4. The van der Waals surface area contributed by atoms with Crippen LogP contribution >= 0.6 is 0 Å². The maximum atomic E-state index is 12.3. The zero-order valence-corrected chi connectivity index (χ0v) is 14.3. The monoisotopic (exact) mass is 329 g/mol.